The lowest BCUT2D eigenvalue weighted by Gasteiger charge is -2.10. The van der Waals surface area contributed by atoms with E-state index < -0.39 is 4.92 Å². The second-order valence-corrected chi connectivity index (χ2v) is 7.94. The van der Waals surface area contributed by atoms with E-state index in [0.717, 1.165) is 10.7 Å². The van der Waals surface area contributed by atoms with Gasteiger partial charge in [-0.2, -0.15) is 9.78 Å². The van der Waals surface area contributed by atoms with Gasteiger partial charge >= 0.3 is 0 Å². The number of pyridine rings is 1. The molecule has 2 aromatic carbocycles. The molecule has 0 fully saturated rings. The van der Waals surface area contributed by atoms with Crippen LogP contribution in [0.3, 0.4) is 0 Å². The molecule has 0 saturated heterocycles. The monoisotopic (exact) mass is 523 g/mol. The fourth-order valence-corrected chi connectivity index (χ4v) is 3.53. The number of nitrogens with zero attached hydrogens (tertiary/aromatic N) is 5. The molecule has 2 aromatic heterocycles. The normalized spacial score (nSPS) is 11.1. The van der Waals surface area contributed by atoms with Gasteiger partial charge in [0.05, 0.1) is 29.2 Å². The minimum atomic E-state index is -0.537. The fraction of sp³-hybridized carbons (Fsp3) is 0.130. The average Bonchev–Trinajstić information content (AvgIpc) is 2.84. The third kappa shape index (κ3) is 4.79. The van der Waals surface area contributed by atoms with Crippen molar-refractivity contribution >= 4 is 38.7 Å². The Morgan fingerprint density at radius 1 is 1.18 bits per heavy atom. The number of hydrogen-bond donors (Lipinski definition) is 0. The molecule has 0 saturated carbocycles. The van der Waals surface area contributed by atoms with Gasteiger partial charge in [0.25, 0.3) is 11.2 Å². The summed E-state index contributed by atoms with van der Waals surface area (Å²) in [6.45, 7) is 1.90. The molecule has 172 valence electrons. The first kappa shape index (κ1) is 23.1. The van der Waals surface area contributed by atoms with Crippen molar-refractivity contribution < 1.29 is 14.4 Å². The number of rotatable bonds is 7. The second-order valence-electron chi connectivity index (χ2n) is 7.03. The van der Waals surface area contributed by atoms with Crippen LogP contribution in [0.4, 0.5) is 5.69 Å². The summed E-state index contributed by atoms with van der Waals surface area (Å²) in [6.07, 6.45) is 3.17. The van der Waals surface area contributed by atoms with E-state index in [1.54, 1.807) is 30.3 Å². The van der Waals surface area contributed by atoms with Crippen LogP contribution in [0.1, 0.15) is 18.3 Å². The molecule has 0 bridgehead atoms. The lowest BCUT2D eigenvalue weighted by molar-refractivity contribution is -0.385. The van der Waals surface area contributed by atoms with Crippen molar-refractivity contribution in [2.75, 3.05) is 7.11 Å². The van der Waals surface area contributed by atoms with Crippen LogP contribution in [0.5, 0.6) is 17.4 Å². The molecular formula is C23H18BrN5O5. The molecule has 0 aliphatic heterocycles. The lowest BCUT2D eigenvalue weighted by atomic mass is 10.2. The largest absolute Gasteiger partial charge is 0.493 e. The molecule has 0 unspecified atom stereocenters. The molecule has 0 aliphatic carbocycles. The van der Waals surface area contributed by atoms with Gasteiger partial charge in [-0.3, -0.25) is 14.9 Å². The first-order chi connectivity index (χ1) is 16.4. The van der Waals surface area contributed by atoms with Gasteiger partial charge in [0.1, 0.15) is 12.0 Å². The van der Waals surface area contributed by atoms with Crippen LogP contribution in [0.2, 0.25) is 0 Å². The average molecular weight is 524 g/mol. The van der Waals surface area contributed by atoms with E-state index >= 15 is 0 Å². The standard InChI is InChI=1S/C23H18BrN5O5/c1-3-21-27-18-7-5-15(24)11-17(18)23(30)28(21)26-12-14-4-8-19(20(10-14)33-2)34-22-9-6-16(13-25-22)29(31)32/h4-13H,3H2,1-2H3. The molecule has 0 N–H and O–H groups in total. The first-order valence-corrected chi connectivity index (χ1v) is 10.9. The maximum atomic E-state index is 13.0. The number of nitro groups is 1. The Morgan fingerprint density at radius 3 is 2.68 bits per heavy atom. The number of ether oxygens (including phenoxy) is 2. The fourth-order valence-electron chi connectivity index (χ4n) is 3.17. The molecule has 0 aliphatic rings. The van der Waals surface area contributed by atoms with Crippen LogP contribution in [-0.2, 0) is 6.42 Å². The Balaban J connectivity index is 1.64. The molecule has 0 atom stereocenters. The zero-order valence-electron chi connectivity index (χ0n) is 18.1. The highest BCUT2D eigenvalue weighted by atomic mass is 79.9. The SMILES string of the molecule is CCc1nc2ccc(Br)cc2c(=O)n1N=Cc1ccc(Oc2ccc([N+](=O)[O-])cn2)c(OC)c1. The van der Waals surface area contributed by atoms with Crippen molar-refractivity contribution in [3.63, 3.8) is 0 Å². The summed E-state index contributed by atoms with van der Waals surface area (Å²) in [5.74, 6) is 1.47. The van der Waals surface area contributed by atoms with E-state index in [4.69, 9.17) is 9.47 Å². The summed E-state index contributed by atoms with van der Waals surface area (Å²) < 4.78 is 13.2. The summed E-state index contributed by atoms with van der Waals surface area (Å²) in [5.41, 5.74) is 0.863. The van der Waals surface area contributed by atoms with E-state index in [-0.39, 0.29) is 17.1 Å². The number of halogens is 1. The van der Waals surface area contributed by atoms with Gasteiger partial charge in [0, 0.05) is 23.0 Å². The number of methoxy groups -OCH3 is 1. The molecule has 11 heteroatoms. The maximum absolute atomic E-state index is 13.0. The zero-order valence-corrected chi connectivity index (χ0v) is 19.7. The molecule has 2 heterocycles. The number of benzene rings is 2. The summed E-state index contributed by atoms with van der Waals surface area (Å²) in [4.78, 5) is 31.8. The first-order valence-electron chi connectivity index (χ1n) is 10.1. The van der Waals surface area contributed by atoms with Crippen LogP contribution >= 0.6 is 15.9 Å². The summed E-state index contributed by atoms with van der Waals surface area (Å²) in [5, 5.41) is 15.6. The van der Waals surface area contributed by atoms with Crippen LogP contribution in [0, 0.1) is 10.1 Å². The van der Waals surface area contributed by atoms with Gasteiger partial charge in [0.15, 0.2) is 11.5 Å². The van der Waals surface area contributed by atoms with Gasteiger partial charge in [0.2, 0.25) is 5.88 Å². The predicted molar refractivity (Wildman–Crippen MR) is 130 cm³/mol. The van der Waals surface area contributed by atoms with Gasteiger partial charge in [-0.25, -0.2) is 9.97 Å². The van der Waals surface area contributed by atoms with Crippen LogP contribution in [-0.4, -0.2) is 32.9 Å². The number of aryl methyl sites for hydroxylation is 1. The Kier molecular flexibility index (Phi) is 6.64. The van der Waals surface area contributed by atoms with Crippen molar-refractivity contribution in [3.8, 4) is 17.4 Å². The molecule has 0 radical (unpaired) electrons. The van der Waals surface area contributed by atoms with Crippen LogP contribution < -0.4 is 15.0 Å². The predicted octanol–water partition coefficient (Wildman–Crippen LogP) is 4.71. The van der Waals surface area contributed by atoms with Crippen molar-refractivity contribution in [2.45, 2.75) is 13.3 Å². The second kappa shape index (κ2) is 9.79. The van der Waals surface area contributed by atoms with Gasteiger partial charge in [-0.15, -0.1) is 0 Å². The van der Waals surface area contributed by atoms with Crippen molar-refractivity contribution in [1.82, 2.24) is 14.6 Å². The maximum Gasteiger partial charge on any atom is 0.287 e. The molecule has 4 aromatic rings. The Hall–Kier alpha value is -4.12. The quantitative estimate of drug-likeness (QED) is 0.195. The number of hydrogen-bond acceptors (Lipinski definition) is 8. The molecule has 0 spiro atoms. The van der Waals surface area contributed by atoms with Gasteiger partial charge in [-0.1, -0.05) is 22.9 Å². The van der Waals surface area contributed by atoms with E-state index in [9.17, 15) is 14.9 Å². The van der Waals surface area contributed by atoms with E-state index in [1.807, 2.05) is 13.0 Å². The third-order valence-corrected chi connectivity index (χ3v) is 5.34. The smallest absolute Gasteiger partial charge is 0.287 e. The molecule has 34 heavy (non-hydrogen) atoms. The minimum absolute atomic E-state index is 0.136. The Bertz CT molecular complexity index is 1470. The Morgan fingerprint density at radius 2 is 2.00 bits per heavy atom. The van der Waals surface area contributed by atoms with E-state index in [0.29, 0.717) is 40.2 Å². The van der Waals surface area contributed by atoms with E-state index in [2.05, 4.69) is 31.0 Å². The van der Waals surface area contributed by atoms with Crippen LogP contribution in [0.15, 0.2) is 69.1 Å². The van der Waals surface area contributed by atoms with Gasteiger partial charge in [-0.05, 0) is 42.0 Å². The van der Waals surface area contributed by atoms with Crippen molar-refractivity contribution in [3.05, 3.63) is 91.1 Å². The number of aromatic nitrogens is 3. The zero-order chi connectivity index (χ0) is 24.2. The van der Waals surface area contributed by atoms with E-state index in [1.165, 1.54) is 30.1 Å². The minimum Gasteiger partial charge on any atom is -0.493 e. The third-order valence-electron chi connectivity index (χ3n) is 4.85. The Labute approximate surface area is 201 Å². The summed E-state index contributed by atoms with van der Waals surface area (Å²) in [6, 6.07) is 13.1. The summed E-state index contributed by atoms with van der Waals surface area (Å²) >= 11 is 3.38. The molecule has 4 rings (SSSR count). The van der Waals surface area contributed by atoms with Crippen LogP contribution in [0.25, 0.3) is 10.9 Å². The van der Waals surface area contributed by atoms with Crippen molar-refractivity contribution in [1.29, 1.82) is 0 Å². The summed E-state index contributed by atoms with van der Waals surface area (Å²) in [7, 11) is 1.48. The lowest BCUT2D eigenvalue weighted by Crippen LogP contribution is -2.22. The molecule has 0 amide bonds. The highest BCUT2D eigenvalue weighted by Gasteiger charge is 2.12. The van der Waals surface area contributed by atoms with Crippen molar-refractivity contribution in [2.24, 2.45) is 5.10 Å². The highest BCUT2D eigenvalue weighted by molar-refractivity contribution is 9.10. The topological polar surface area (TPSA) is 122 Å². The van der Waals surface area contributed by atoms with Gasteiger partial charge < -0.3 is 9.47 Å². The highest BCUT2D eigenvalue weighted by Crippen LogP contribution is 2.31. The molecule has 10 nitrogen and oxygen atoms in total. The molecular weight excluding hydrogens is 506 g/mol. The number of fused-ring (bicyclic) bond motifs is 1.